The minimum absolute atomic E-state index is 0.108. The summed E-state index contributed by atoms with van der Waals surface area (Å²) in [7, 11) is -5.00. The van der Waals surface area contributed by atoms with E-state index < -0.39 is 22.3 Å². The molecule has 0 unspecified atom stereocenters. The fraction of sp³-hybridized carbons (Fsp3) is 0.167. The summed E-state index contributed by atoms with van der Waals surface area (Å²) in [6.45, 7) is -0.216. The Hall–Kier alpha value is -3.31. The van der Waals surface area contributed by atoms with Crippen LogP contribution in [0.1, 0.15) is 11.4 Å². The molecule has 2 rings (SSSR count). The topological polar surface area (TPSA) is 208 Å². The number of aromatic nitrogens is 2. The van der Waals surface area contributed by atoms with Gasteiger partial charge in [-0.25, -0.2) is 19.6 Å². The second kappa shape index (κ2) is 10.3. The summed E-state index contributed by atoms with van der Waals surface area (Å²) in [6, 6.07) is 0. The molecule has 17 heteroatoms. The highest BCUT2D eigenvalue weighted by Crippen LogP contribution is 2.12. The number of thiazole rings is 2. The Kier molecular flexibility index (Phi) is 7.80. The third kappa shape index (κ3) is 8.49. The number of carbonyl (C=O) groups excluding carboxylic acids is 2. The van der Waals surface area contributed by atoms with Crippen LogP contribution in [0.25, 0.3) is 0 Å². The Morgan fingerprint density at radius 2 is 1.34 bits per heavy atom. The van der Waals surface area contributed by atoms with E-state index in [1.54, 1.807) is 10.8 Å². The van der Waals surface area contributed by atoms with Gasteiger partial charge in [0, 0.05) is 10.8 Å². The average molecular weight is 464 g/mol. The molecule has 2 aromatic rings. The lowest BCUT2D eigenvalue weighted by atomic mass is 10.5. The van der Waals surface area contributed by atoms with Crippen LogP contribution in [-0.4, -0.2) is 42.8 Å². The Morgan fingerprint density at radius 3 is 1.69 bits per heavy atom. The van der Waals surface area contributed by atoms with Gasteiger partial charge in [0.05, 0.1) is 11.4 Å². The van der Waals surface area contributed by atoms with Crippen molar-refractivity contribution in [2.75, 3.05) is 11.5 Å². The molecule has 0 atom stereocenters. The van der Waals surface area contributed by atoms with Crippen molar-refractivity contribution in [2.24, 2.45) is 10.3 Å². The smallest absolute Gasteiger partial charge is 0.389 e. The van der Waals surface area contributed by atoms with Crippen molar-refractivity contribution in [3.05, 3.63) is 22.1 Å². The number of hydrogen-bond acceptors (Lipinski definition) is 16. The van der Waals surface area contributed by atoms with E-state index in [0.29, 0.717) is 34.1 Å². The van der Waals surface area contributed by atoms with E-state index in [-0.39, 0.29) is 13.2 Å². The van der Waals surface area contributed by atoms with Gasteiger partial charge in [-0.15, -0.1) is 31.1 Å². The summed E-state index contributed by atoms with van der Waals surface area (Å²) in [5, 5.41) is 10.2. The first-order valence-electron chi connectivity index (χ1n) is 7.16. The number of nitrogens with zero attached hydrogens (tertiary/aromatic N) is 4. The number of carbonyl (C=O) groups is 2. The monoisotopic (exact) mass is 464 g/mol. The van der Waals surface area contributed by atoms with Gasteiger partial charge >= 0.3 is 22.3 Å². The van der Waals surface area contributed by atoms with E-state index in [1.807, 2.05) is 0 Å². The fourth-order valence-corrected chi connectivity index (χ4v) is 3.02. The maximum atomic E-state index is 11.4. The number of nitrogen functional groups attached to an aromatic ring is 2. The van der Waals surface area contributed by atoms with Gasteiger partial charge in [-0.2, -0.15) is 0 Å². The molecule has 0 aliphatic carbocycles. The van der Waals surface area contributed by atoms with Gasteiger partial charge in [0.25, 0.3) is 0 Å². The van der Waals surface area contributed by atoms with Gasteiger partial charge in [0.2, 0.25) is 0 Å². The first-order chi connectivity index (χ1) is 13.7. The minimum Gasteiger partial charge on any atom is -0.389 e. The largest absolute Gasteiger partial charge is 0.506 e. The molecule has 0 saturated heterocycles. The lowest BCUT2D eigenvalue weighted by Crippen LogP contribution is -2.20. The van der Waals surface area contributed by atoms with Gasteiger partial charge in [0.1, 0.15) is 0 Å². The van der Waals surface area contributed by atoms with Crippen LogP contribution < -0.4 is 11.5 Å². The standard InChI is InChI=1S/C12H12N6O8S3/c13-11-17-7(5-27-11)3-23-15-1-9(19)25-29(21,22)26-10(20)2-16-24-4-8-6-28-12(14)18-8/h1-2,5-6H,3-4H2,(H2,13,17)(H2,14,18)/b15-1+,16-2+. The van der Waals surface area contributed by atoms with E-state index in [4.69, 9.17) is 21.1 Å². The molecule has 0 aromatic carbocycles. The van der Waals surface area contributed by atoms with Crippen LogP contribution in [0.4, 0.5) is 10.3 Å². The zero-order chi connectivity index (χ0) is 21.3. The number of oxime groups is 2. The zero-order valence-corrected chi connectivity index (χ0v) is 16.6. The van der Waals surface area contributed by atoms with E-state index in [0.717, 1.165) is 0 Å². The van der Waals surface area contributed by atoms with Crippen LogP contribution >= 0.6 is 22.7 Å². The van der Waals surface area contributed by atoms with E-state index in [9.17, 15) is 18.0 Å². The molecule has 14 nitrogen and oxygen atoms in total. The molecule has 2 heterocycles. The Labute approximate surface area is 171 Å². The zero-order valence-electron chi connectivity index (χ0n) is 14.2. The lowest BCUT2D eigenvalue weighted by Gasteiger charge is -2.01. The molecule has 4 N–H and O–H groups in total. The van der Waals surface area contributed by atoms with E-state index in [1.165, 1.54) is 22.7 Å². The molecule has 0 bridgehead atoms. The fourth-order valence-electron chi connectivity index (χ4n) is 1.41. The van der Waals surface area contributed by atoms with Crippen molar-refractivity contribution in [3.8, 4) is 0 Å². The Morgan fingerprint density at radius 1 is 0.931 bits per heavy atom. The number of nitrogens with two attached hydrogens (primary N) is 2. The third-order valence-electron chi connectivity index (χ3n) is 2.40. The van der Waals surface area contributed by atoms with Crippen molar-refractivity contribution in [3.63, 3.8) is 0 Å². The van der Waals surface area contributed by atoms with Crippen molar-refractivity contribution >= 4 is 67.7 Å². The van der Waals surface area contributed by atoms with Crippen LogP contribution in [-0.2, 0) is 51.2 Å². The Bertz CT molecular complexity index is 940. The first kappa shape index (κ1) is 22.0. The molecule has 0 aliphatic rings. The molecule has 2 aromatic heterocycles. The molecule has 0 amide bonds. The van der Waals surface area contributed by atoms with Gasteiger partial charge < -0.3 is 29.5 Å². The van der Waals surface area contributed by atoms with Crippen molar-refractivity contribution in [1.82, 2.24) is 9.97 Å². The molecule has 0 spiro atoms. The predicted octanol–water partition coefficient (Wildman–Crippen LogP) is -0.200. The maximum Gasteiger partial charge on any atom is 0.506 e. The Balaban J connectivity index is 1.70. The van der Waals surface area contributed by atoms with Crippen LogP contribution in [0.5, 0.6) is 0 Å². The van der Waals surface area contributed by atoms with Gasteiger partial charge in [-0.05, 0) is 0 Å². The summed E-state index contributed by atoms with van der Waals surface area (Å²) in [5.74, 6) is -2.94. The van der Waals surface area contributed by atoms with Gasteiger partial charge in [-0.3, -0.25) is 0 Å². The second-order valence-corrected chi connectivity index (χ2v) is 7.51. The van der Waals surface area contributed by atoms with Crippen molar-refractivity contribution in [2.45, 2.75) is 13.2 Å². The highest BCUT2D eigenvalue weighted by atomic mass is 32.3. The summed E-state index contributed by atoms with van der Waals surface area (Å²) < 4.78 is 30.7. The van der Waals surface area contributed by atoms with Crippen LogP contribution in [0.3, 0.4) is 0 Å². The highest BCUT2D eigenvalue weighted by Gasteiger charge is 2.21. The molecule has 29 heavy (non-hydrogen) atoms. The first-order valence-corrected chi connectivity index (χ1v) is 10.2. The minimum atomic E-state index is -5.00. The lowest BCUT2D eigenvalue weighted by molar-refractivity contribution is -0.129. The average Bonchev–Trinajstić information content (AvgIpc) is 3.23. The molecular weight excluding hydrogens is 452 g/mol. The van der Waals surface area contributed by atoms with Crippen molar-refractivity contribution in [1.29, 1.82) is 0 Å². The third-order valence-corrected chi connectivity index (χ3v) is 4.58. The SMILES string of the molecule is Nc1nc(CO/N=C/C(=O)OS(=O)(=O)OC(=O)/C=N/OCc2csc(N)n2)cs1. The summed E-state index contributed by atoms with van der Waals surface area (Å²) in [6.07, 6.45) is 0.829. The summed E-state index contributed by atoms with van der Waals surface area (Å²) in [5.41, 5.74) is 11.7. The van der Waals surface area contributed by atoms with Crippen molar-refractivity contribution < 1.29 is 36.0 Å². The molecule has 0 aliphatic heterocycles. The maximum absolute atomic E-state index is 11.4. The molecule has 0 radical (unpaired) electrons. The number of anilines is 2. The van der Waals surface area contributed by atoms with Crippen LogP contribution in [0.15, 0.2) is 21.1 Å². The highest BCUT2D eigenvalue weighted by molar-refractivity contribution is 7.82. The molecule has 0 saturated carbocycles. The van der Waals surface area contributed by atoms with Gasteiger partial charge in [-0.1, -0.05) is 10.3 Å². The van der Waals surface area contributed by atoms with Gasteiger partial charge in [0.15, 0.2) is 35.9 Å². The normalized spacial score (nSPS) is 11.6. The molecule has 0 fully saturated rings. The molecular formula is C12H12N6O8S3. The summed E-state index contributed by atoms with van der Waals surface area (Å²) >= 11 is 2.35. The van der Waals surface area contributed by atoms with E-state index >= 15 is 0 Å². The second-order valence-electron chi connectivity index (χ2n) is 4.58. The molecule has 156 valence electrons. The number of rotatable bonds is 10. The quantitative estimate of drug-likeness (QED) is 0.346. The van der Waals surface area contributed by atoms with E-state index in [2.05, 4.69) is 28.6 Å². The predicted molar refractivity (Wildman–Crippen MR) is 101 cm³/mol. The van der Waals surface area contributed by atoms with Crippen LogP contribution in [0.2, 0.25) is 0 Å². The summed E-state index contributed by atoms with van der Waals surface area (Å²) in [4.78, 5) is 39.8. The van der Waals surface area contributed by atoms with Crippen LogP contribution in [0, 0.1) is 0 Å². The number of hydrogen-bond donors (Lipinski definition) is 2.